The van der Waals surface area contributed by atoms with Crippen LogP contribution in [-0.4, -0.2) is 31.7 Å². The fourth-order valence-corrected chi connectivity index (χ4v) is 3.97. The molecular weight excluding hydrogens is 381 g/mol. The number of amides is 1. The second kappa shape index (κ2) is 7.64. The van der Waals surface area contributed by atoms with Crippen LogP contribution in [0.15, 0.2) is 24.3 Å². The van der Waals surface area contributed by atoms with Gasteiger partial charge in [0.25, 0.3) is 5.91 Å². The van der Waals surface area contributed by atoms with E-state index >= 15 is 0 Å². The van der Waals surface area contributed by atoms with Crippen LogP contribution < -0.4 is 22.1 Å². The number of carbonyl (C=O) groups is 1. The van der Waals surface area contributed by atoms with Crippen molar-refractivity contribution in [3.63, 3.8) is 0 Å². The van der Waals surface area contributed by atoms with Gasteiger partial charge in [-0.3, -0.25) is 4.79 Å². The first kappa shape index (κ1) is 18.5. The molecule has 3 aromatic rings. The van der Waals surface area contributed by atoms with Gasteiger partial charge in [0.15, 0.2) is 11.6 Å². The maximum absolute atomic E-state index is 14.6. The third kappa shape index (κ3) is 3.60. The van der Waals surface area contributed by atoms with Gasteiger partial charge >= 0.3 is 0 Å². The number of halogens is 1. The minimum atomic E-state index is -0.779. The fraction of sp³-hybridized carbons (Fsp3) is 0.333. The van der Waals surface area contributed by atoms with Crippen LogP contribution in [0.25, 0.3) is 11.0 Å². The van der Waals surface area contributed by atoms with Gasteiger partial charge in [0, 0.05) is 12.1 Å². The maximum atomic E-state index is 14.6. The van der Waals surface area contributed by atoms with E-state index < -0.39 is 11.7 Å². The summed E-state index contributed by atoms with van der Waals surface area (Å²) in [7, 11) is 0. The Labute approximate surface area is 164 Å². The first-order chi connectivity index (χ1) is 13.5. The van der Waals surface area contributed by atoms with E-state index in [1.165, 1.54) is 0 Å². The molecule has 0 spiro atoms. The van der Waals surface area contributed by atoms with Gasteiger partial charge < -0.3 is 22.1 Å². The Morgan fingerprint density at radius 3 is 2.82 bits per heavy atom. The van der Waals surface area contributed by atoms with Crippen LogP contribution >= 0.6 is 11.7 Å². The molecule has 0 saturated heterocycles. The summed E-state index contributed by atoms with van der Waals surface area (Å²) < 4.78 is 23.0. The summed E-state index contributed by atoms with van der Waals surface area (Å²) in [5, 5.41) is 6.15. The van der Waals surface area contributed by atoms with Gasteiger partial charge in [-0.25, -0.2) is 9.37 Å². The highest BCUT2D eigenvalue weighted by Crippen LogP contribution is 2.29. The fourth-order valence-electron chi connectivity index (χ4n) is 3.42. The molecule has 1 aliphatic carbocycles. The van der Waals surface area contributed by atoms with E-state index in [-0.39, 0.29) is 29.3 Å². The van der Waals surface area contributed by atoms with E-state index in [2.05, 4.69) is 24.4 Å². The summed E-state index contributed by atoms with van der Waals surface area (Å²) in [4.78, 5) is 16.2. The number of aromatic nitrogens is 3. The topological polar surface area (TPSA) is 132 Å². The summed E-state index contributed by atoms with van der Waals surface area (Å²) in [5.41, 5.74) is 13.5. The summed E-state index contributed by atoms with van der Waals surface area (Å²) in [5.74, 6) is -1.23. The van der Waals surface area contributed by atoms with Gasteiger partial charge in [-0.05, 0) is 31.0 Å². The van der Waals surface area contributed by atoms with Crippen LogP contribution in [0.2, 0.25) is 0 Å². The molecule has 28 heavy (non-hydrogen) atoms. The third-order valence-electron chi connectivity index (χ3n) is 4.92. The van der Waals surface area contributed by atoms with Crippen molar-refractivity contribution < 1.29 is 9.18 Å². The van der Waals surface area contributed by atoms with Gasteiger partial charge in [-0.1, -0.05) is 18.9 Å². The standard InChI is InChI=1S/C18H20FN7OS/c19-10-8-9(16(21)27)17(23-13-6-3-7-14-15(13)26-28-25-14)24-18(10)22-12-5-2-1-4-11(12)20/h3,6-8,11-12H,1-2,4-5,20H2,(H2,21,27)(H2,22,23,24). The van der Waals surface area contributed by atoms with E-state index in [1.54, 1.807) is 12.1 Å². The van der Waals surface area contributed by atoms with Crippen LogP contribution in [0.1, 0.15) is 36.0 Å². The van der Waals surface area contributed by atoms with Crippen molar-refractivity contribution >= 4 is 46.0 Å². The van der Waals surface area contributed by atoms with Crippen molar-refractivity contribution in [2.45, 2.75) is 37.8 Å². The molecule has 2 atom stereocenters. The molecule has 1 fully saturated rings. The number of carbonyl (C=O) groups excluding carboxylic acids is 1. The lowest BCUT2D eigenvalue weighted by molar-refractivity contribution is 0.100. The maximum Gasteiger partial charge on any atom is 0.252 e. The normalized spacial score (nSPS) is 19.5. The van der Waals surface area contributed by atoms with Crippen LogP contribution in [0.4, 0.5) is 21.7 Å². The number of benzene rings is 1. The molecular formula is C18H20FN7OS. The van der Waals surface area contributed by atoms with Crippen LogP contribution in [0.3, 0.4) is 0 Å². The molecule has 2 unspecified atom stereocenters. The zero-order chi connectivity index (χ0) is 19.7. The van der Waals surface area contributed by atoms with E-state index in [0.717, 1.165) is 43.5 Å². The number of pyridine rings is 1. The van der Waals surface area contributed by atoms with E-state index in [9.17, 15) is 9.18 Å². The molecule has 6 N–H and O–H groups in total. The Balaban J connectivity index is 1.70. The number of primary amides is 1. The van der Waals surface area contributed by atoms with Crippen molar-refractivity contribution in [2.24, 2.45) is 11.5 Å². The lowest BCUT2D eigenvalue weighted by atomic mass is 9.91. The van der Waals surface area contributed by atoms with E-state index in [4.69, 9.17) is 11.5 Å². The van der Waals surface area contributed by atoms with Gasteiger partial charge in [-0.2, -0.15) is 8.75 Å². The highest BCUT2D eigenvalue weighted by Gasteiger charge is 2.24. The first-order valence-electron chi connectivity index (χ1n) is 9.03. The van der Waals surface area contributed by atoms with Crippen molar-refractivity contribution in [3.8, 4) is 0 Å². The zero-order valence-corrected chi connectivity index (χ0v) is 15.8. The highest BCUT2D eigenvalue weighted by atomic mass is 32.1. The lowest BCUT2D eigenvalue weighted by Gasteiger charge is -2.30. The van der Waals surface area contributed by atoms with Crippen molar-refractivity contribution in [2.75, 3.05) is 10.6 Å². The molecule has 4 rings (SSSR count). The van der Waals surface area contributed by atoms with Crippen molar-refractivity contribution in [3.05, 3.63) is 35.6 Å². The van der Waals surface area contributed by atoms with Crippen LogP contribution in [0.5, 0.6) is 0 Å². The molecule has 2 heterocycles. The molecule has 0 radical (unpaired) electrons. The summed E-state index contributed by atoms with van der Waals surface area (Å²) in [6.07, 6.45) is 3.81. The summed E-state index contributed by atoms with van der Waals surface area (Å²) >= 11 is 1.08. The van der Waals surface area contributed by atoms with Crippen LogP contribution in [0, 0.1) is 5.82 Å². The zero-order valence-electron chi connectivity index (χ0n) is 15.0. The van der Waals surface area contributed by atoms with Crippen LogP contribution in [-0.2, 0) is 0 Å². The van der Waals surface area contributed by atoms with Gasteiger partial charge in [0.05, 0.1) is 23.0 Å². The minimum Gasteiger partial charge on any atom is -0.365 e. The van der Waals surface area contributed by atoms with Gasteiger partial charge in [0.2, 0.25) is 0 Å². The molecule has 1 saturated carbocycles. The average molecular weight is 401 g/mol. The SMILES string of the molecule is NC(=O)c1cc(F)c(NC2CCCCC2N)nc1Nc1cccc2nsnc12. The molecule has 1 amide bonds. The number of fused-ring (bicyclic) bond motifs is 1. The summed E-state index contributed by atoms with van der Waals surface area (Å²) in [6.45, 7) is 0. The Morgan fingerprint density at radius 2 is 2.04 bits per heavy atom. The molecule has 1 aliphatic rings. The smallest absolute Gasteiger partial charge is 0.252 e. The number of hydrogen-bond acceptors (Lipinski definition) is 8. The molecule has 10 heteroatoms. The van der Waals surface area contributed by atoms with Crippen molar-refractivity contribution in [1.29, 1.82) is 0 Å². The number of anilines is 3. The molecule has 146 valence electrons. The monoisotopic (exact) mass is 401 g/mol. The Bertz CT molecular complexity index is 1020. The quantitative estimate of drug-likeness (QED) is 0.517. The molecule has 0 bridgehead atoms. The number of rotatable bonds is 5. The van der Waals surface area contributed by atoms with Gasteiger partial charge in [-0.15, -0.1) is 0 Å². The third-order valence-corrected chi connectivity index (χ3v) is 5.46. The number of nitrogens with two attached hydrogens (primary N) is 2. The Morgan fingerprint density at radius 1 is 1.21 bits per heavy atom. The highest BCUT2D eigenvalue weighted by molar-refractivity contribution is 7.00. The largest absolute Gasteiger partial charge is 0.365 e. The summed E-state index contributed by atoms with van der Waals surface area (Å²) in [6, 6.07) is 6.36. The second-order valence-corrected chi connectivity index (χ2v) is 7.37. The van der Waals surface area contributed by atoms with E-state index in [0.29, 0.717) is 16.7 Å². The molecule has 8 nitrogen and oxygen atoms in total. The van der Waals surface area contributed by atoms with E-state index in [1.807, 2.05) is 6.07 Å². The molecule has 1 aromatic carbocycles. The van der Waals surface area contributed by atoms with Crippen molar-refractivity contribution in [1.82, 2.24) is 13.7 Å². The number of nitrogens with one attached hydrogen (secondary N) is 2. The lowest BCUT2D eigenvalue weighted by Crippen LogP contribution is -2.43. The predicted molar refractivity (Wildman–Crippen MR) is 107 cm³/mol. The Hall–Kier alpha value is -2.85. The predicted octanol–water partition coefficient (Wildman–Crippen LogP) is 2.75. The Kier molecular flexibility index (Phi) is 5.05. The number of nitrogens with zero attached hydrogens (tertiary/aromatic N) is 3. The second-order valence-electron chi connectivity index (χ2n) is 6.84. The molecule has 0 aliphatic heterocycles. The van der Waals surface area contributed by atoms with Gasteiger partial charge in [0.1, 0.15) is 16.9 Å². The minimum absolute atomic E-state index is 0.0402. The molecule has 2 aromatic heterocycles. The average Bonchev–Trinajstić information content (AvgIpc) is 3.15. The first-order valence-corrected chi connectivity index (χ1v) is 9.76. The number of hydrogen-bond donors (Lipinski definition) is 4.